The summed E-state index contributed by atoms with van der Waals surface area (Å²) in [6.45, 7) is 2.70. The van der Waals surface area contributed by atoms with Crippen LogP contribution in [0.2, 0.25) is 0 Å². The Morgan fingerprint density at radius 1 is 1.53 bits per heavy atom. The van der Waals surface area contributed by atoms with Gasteiger partial charge in [0.05, 0.1) is 18.7 Å². The highest BCUT2D eigenvalue weighted by Gasteiger charge is 2.07. The molecule has 0 heterocycles. The van der Waals surface area contributed by atoms with E-state index >= 15 is 0 Å². The molecule has 0 aliphatic heterocycles. The summed E-state index contributed by atoms with van der Waals surface area (Å²) in [7, 11) is 0.867. The molecule has 2 atom stereocenters. The molecular weight excluding hydrogens is 260 g/mol. The molecule has 1 aromatic carbocycles. The summed E-state index contributed by atoms with van der Waals surface area (Å²) in [6.07, 6.45) is 2.58. The van der Waals surface area contributed by atoms with Gasteiger partial charge >= 0.3 is 0 Å². The molecule has 0 spiro atoms. The van der Waals surface area contributed by atoms with Gasteiger partial charge in [-0.1, -0.05) is 0 Å². The Balaban J connectivity index is 2.61. The molecule has 0 saturated carbocycles. The molecule has 0 aromatic heterocycles. The zero-order valence-electron chi connectivity index (χ0n) is 11.6. The summed E-state index contributed by atoms with van der Waals surface area (Å²) >= 11 is 0. The molecule has 1 aromatic rings. The lowest BCUT2D eigenvalue weighted by molar-refractivity contribution is 0.405. The van der Waals surface area contributed by atoms with Crippen molar-refractivity contribution in [3.8, 4) is 11.8 Å². The zero-order chi connectivity index (χ0) is 14.3. The van der Waals surface area contributed by atoms with Crippen LogP contribution in [0, 0.1) is 11.3 Å². The fourth-order valence-electron chi connectivity index (χ4n) is 1.72. The third-order valence-electron chi connectivity index (χ3n) is 2.89. The lowest BCUT2D eigenvalue weighted by Crippen LogP contribution is -2.27. The summed E-state index contributed by atoms with van der Waals surface area (Å²) in [5, 5.41) is 12.3. The van der Waals surface area contributed by atoms with Crippen LogP contribution in [0.4, 0.5) is 0 Å². The number of ether oxygens (including phenoxy) is 1. The lowest BCUT2D eigenvalue weighted by Gasteiger charge is -2.15. The van der Waals surface area contributed by atoms with Gasteiger partial charge in [-0.2, -0.15) is 5.26 Å². The second-order valence-electron chi connectivity index (χ2n) is 4.49. The van der Waals surface area contributed by atoms with Crippen molar-refractivity contribution >= 4 is 10.8 Å². The molecule has 1 rings (SSSR count). The monoisotopic (exact) mass is 280 g/mol. The first-order chi connectivity index (χ1) is 9.06. The molecule has 0 aliphatic carbocycles. The predicted molar refractivity (Wildman–Crippen MR) is 77.6 cm³/mol. The predicted octanol–water partition coefficient (Wildman–Crippen LogP) is 1.81. The smallest absolute Gasteiger partial charge is 0.123 e. The first kappa shape index (κ1) is 15.7. The average molecular weight is 280 g/mol. The standard InChI is InChI=1S/C14H20N2O2S/c1-11(6-7-19(3)17)16-10-13-8-12(9-15)4-5-14(13)18-2/h4-5,8,11,16H,6-7,10H2,1-3H3. The van der Waals surface area contributed by atoms with E-state index in [1.165, 1.54) is 0 Å². The van der Waals surface area contributed by atoms with Crippen molar-refractivity contribution in [3.63, 3.8) is 0 Å². The Morgan fingerprint density at radius 3 is 2.84 bits per heavy atom. The minimum absolute atomic E-state index is 0.277. The van der Waals surface area contributed by atoms with Crippen molar-refractivity contribution in [2.75, 3.05) is 19.1 Å². The molecule has 0 saturated heterocycles. The maximum atomic E-state index is 11.0. The summed E-state index contributed by atoms with van der Waals surface area (Å²) < 4.78 is 16.3. The molecule has 0 aliphatic rings. The number of nitrogens with zero attached hydrogens (tertiary/aromatic N) is 1. The number of benzene rings is 1. The Bertz CT molecular complexity index is 483. The summed E-state index contributed by atoms with van der Waals surface area (Å²) in [4.78, 5) is 0. The van der Waals surface area contributed by atoms with E-state index in [1.807, 2.05) is 6.07 Å². The molecule has 0 bridgehead atoms. The van der Waals surface area contributed by atoms with Gasteiger partial charge in [-0.05, 0) is 31.5 Å². The van der Waals surface area contributed by atoms with Gasteiger partial charge in [-0.3, -0.25) is 4.21 Å². The molecule has 2 unspecified atom stereocenters. The molecule has 104 valence electrons. The van der Waals surface area contributed by atoms with E-state index in [0.29, 0.717) is 17.9 Å². The molecule has 19 heavy (non-hydrogen) atoms. The van der Waals surface area contributed by atoms with Gasteiger partial charge in [0.15, 0.2) is 0 Å². The highest BCUT2D eigenvalue weighted by Crippen LogP contribution is 2.19. The van der Waals surface area contributed by atoms with E-state index in [9.17, 15) is 4.21 Å². The molecule has 0 fully saturated rings. The third kappa shape index (κ3) is 5.41. The van der Waals surface area contributed by atoms with Gasteiger partial charge in [-0.25, -0.2) is 0 Å². The normalized spacial score (nSPS) is 13.6. The van der Waals surface area contributed by atoms with E-state index in [0.717, 1.165) is 17.7 Å². The van der Waals surface area contributed by atoms with Crippen LogP contribution in [0.15, 0.2) is 18.2 Å². The topological polar surface area (TPSA) is 62.1 Å². The van der Waals surface area contributed by atoms with Crippen LogP contribution in [0.3, 0.4) is 0 Å². The number of nitriles is 1. The fourth-order valence-corrected chi connectivity index (χ4v) is 2.40. The van der Waals surface area contributed by atoms with Gasteiger partial charge in [0, 0.05) is 41.0 Å². The number of methoxy groups -OCH3 is 1. The zero-order valence-corrected chi connectivity index (χ0v) is 12.4. The average Bonchev–Trinajstić information content (AvgIpc) is 2.42. The van der Waals surface area contributed by atoms with Crippen molar-refractivity contribution < 1.29 is 8.95 Å². The van der Waals surface area contributed by atoms with Gasteiger partial charge in [0.1, 0.15) is 5.75 Å². The molecule has 1 N–H and O–H groups in total. The van der Waals surface area contributed by atoms with E-state index in [1.54, 1.807) is 25.5 Å². The van der Waals surface area contributed by atoms with Crippen molar-refractivity contribution in [3.05, 3.63) is 29.3 Å². The minimum atomic E-state index is -0.753. The van der Waals surface area contributed by atoms with Gasteiger partial charge in [0.2, 0.25) is 0 Å². The second kappa shape index (κ2) is 7.93. The second-order valence-corrected chi connectivity index (χ2v) is 6.04. The summed E-state index contributed by atoms with van der Waals surface area (Å²) in [5.41, 5.74) is 1.59. The maximum Gasteiger partial charge on any atom is 0.123 e. The highest BCUT2D eigenvalue weighted by atomic mass is 32.2. The molecule has 0 amide bonds. The van der Waals surface area contributed by atoms with Crippen LogP contribution < -0.4 is 10.1 Å². The number of rotatable bonds is 7. The minimum Gasteiger partial charge on any atom is -0.496 e. The van der Waals surface area contributed by atoms with E-state index < -0.39 is 10.8 Å². The Labute approximate surface area is 117 Å². The molecule has 4 nitrogen and oxygen atoms in total. The lowest BCUT2D eigenvalue weighted by atomic mass is 10.1. The van der Waals surface area contributed by atoms with Crippen LogP contribution in [0.1, 0.15) is 24.5 Å². The van der Waals surface area contributed by atoms with Crippen LogP contribution in [-0.4, -0.2) is 29.4 Å². The molecule has 5 heteroatoms. The van der Waals surface area contributed by atoms with Crippen LogP contribution in [-0.2, 0) is 17.3 Å². The van der Waals surface area contributed by atoms with Crippen molar-refractivity contribution in [1.82, 2.24) is 5.32 Å². The van der Waals surface area contributed by atoms with E-state index in [2.05, 4.69) is 18.3 Å². The summed E-state index contributed by atoms with van der Waals surface area (Å²) in [6, 6.07) is 7.78. The van der Waals surface area contributed by atoms with Crippen molar-refractivity contribution in [1.29, 1.82) is 5.26 Å². The largest absolute Gasteiger partial charge is 0.496 e. The highest BCUT2D eigenvalue weighted by molar-refractivity contribution is 7.84. The Morgan fingerprint density at radius 2 is 2.26 bits per heavy atom. The SMILES string of the molecule is COc1ccc(C#N)cc1CNC(C)CCS(C)=O. The molecule has 0 radical (unpaired) electrons. The van der Waals surface area contributed by atoms with Gasteiger partial charge in [0.25, 0.3) is 0 Å². The van der Waals surface area contributed by atoms with Crippen LogP contribution in [0.5, 0.6) is 5.75 Å². The van der Waals surface area contributed by atoms with Gasteiger partial charge < -0.3 is 10.1 Å². The first-order valence-electron chi connectivity index (χ1n) is 6.17. The number of nitrogens with one attached hydrogen (secondary N) is 1. The Kier molecular flexibility index (Phi) is 6.54. The first-order valence-corrected chi connectivity index (χ1v) is 7.90. The van der Waals surface area contributed by atoms with E-state index in [4.69, 9.17) is 10.00 Å². The quantitative estimate of drug-likeness (QED) is 0.827. The van der Waals surface area contributed by atoms with Crippen molar-refractivity contribution in [2.24, 2.45) is 0 Å². The number of hydrogen-bond acceptors (Lipinski definition) is 4. The molecular formula is C14H20N2O2S. The van der Waals surface area contributed by atoms with E-state index in [-0.39, 0.29) is 6.04 Å². The third-order valence-corrected chi connectivity index (χ3v) is 3.70. The number of hydrogen-bond donors (Lipinski definition) is 1. The van der Waals surface area contributed by atoms with Gasteiger partial charge in [-0.15, -0.1) is 0 Å². The maximum absolute atomic E-state index is 11.0. The van der Waals surface area contributed by atoms with Crippen LogP contribution in [0.25, 0.3) is 0 Å². The van der Waals surface area contributed by atoms with Crippen LogP contribution >= 0.6 is 0 Å². The Hall–Kier alpha value is -1.38. The fraction of sp³-hybridized carbons (Fsp3) is 0.500. The van der Waals surface area contributed by atoms with Crippen molar-refractivity contribution in [2.45, 2.75) is 25.9 Å². The summed E-state index contributed by atoms with van der Waals surface area (Å²) in [5.74, 6) is 1.47.